The Morgan fingerprint density at radius 1 is 1.80 bits per heavy atom. The molecule has 10 heavy (non-hydrogen) atoms. The smallest absolute Gasteiger partial charge is 0.239 e. The van der Waals surface area contributed by atoms with Crippen molar-refractivity contribution in [3.05, 3.63) is 0 Å². The first-order valence-electron chi connectivity index (χ1n) is 3.28. The van der Waals surface area contributed by atoms with Crippen LogP contribution in [0, 0.1) is 17.2 Å². The van der Waals surface area contributed by atoms with Gasteiger partial charge in [0, 0.05) is 13.6 Å². The average molecular weight is 140 g/mol. The first kappa shape index (κ1) is 8.96. The monoisotopic (exact) mass is 140 g/mol. The molecule has 0 rings (SSSR count). The molecule has 0 aromatic heterocycles. The molecule has 0 aliphatic rings. The van der Waals surface area contributed by atoms with Crippen molar-refractivity contribution in [3.8, 4) is 6.07 Å². The van der Waals surface area contributed by atoms with Gasteiger partial charge in [0.15, 0.2) is 0 Å². The third-order valence-corrected chi connectivity index (χ3v) is 1.41. The minimum absolute atomic E-state index is 0.106. The van der Waals surface area contributed by atoms with Gasteiger partial charge in [0.2, 0.25) is 5.91 Å². The molecule has 0 saturated heterocycles. The largest absolute Gasteiger partial charge is 0.345 e. The van der Waals surface area contributed by atoms with E-state index in [1.807, 2.05) is 13.0 Å². The molecule has 0 bridgehead atoms. The molecule has 0 aliphatic carbocycles. The Hall–Kier alpha value is -1.04. The van der Waals surface area contributed by atoms with Crippen molar-refractivity contribution in [3.63, 3.8) is 0 Å². The Morgan fingerprint density at radius 2 is 2.30 bits per heavy atom. The van der Waals surface area contributed by atoms with Crippen LogP contribution in [0.15, 0.2) is 0 Å². The topological polar surface area (TPSA) is 44.1 Å². The van der Waals surface area contributed by atoms with Gasteiger partial charge in [-0.05, 0) is 13.8 Å². The lowest BCUT2D eigenvalue weighted by Crippen LogP contribution is -2.30. The average Bonchev–Trinajstić information content (AvgIpc) is 2.00. The zero-order valence-electron chi connectivity index (χ0n) is 6.59. The van der Waals surface area contributed by atoms with E-state index in [0.29, 0.717) is 6.54 Å². The van der Waals surface area contributed by atoms with E-state index in [2.05, 4.69) is 0 Å². The van der Waals surface area contributed by atoms with Gasteiger partial charge >= 0.3 is 0 Å². The summed E-state index contributed by atoms with van der Waals surface area (Å²) < 4.78 is 0. The van der Waals surface area contributed by atoms with Crippen molar-refractivity contribution in [1.29, 1.82) is 5.26 Å². The lowest BCUT2D eigenvalue weighted by Gasteiger charge is -2.14. The van der Waals surface area contributed by atoms with Crippen LogP contribution in [-0.2, 0) is 4.79 Å². The van der Waals surface area contributed by atoms with E-state index in [1.165, 1.54) is 4.90 Å². The summed E-state index contributed by atoms with van der Waals surface area (Å²) in [4.78, 5) is 12.5. The highest BCUT2D eigenvalue weighted by atomic mass is 16.2. The normalized spacial score (nSPS) is 11.8. The summed E-state index contributed by atoms with van der Waals surface area (Å²) in [7, 11) is 1.69. The van der Waals surface area contributed by atoms with Crippen LogP contribution in [-0.4, -0.2) is 24.4 Å². The lowest BCUT2D eigenvalue weighted by molar-refractivity contribution is -0.131. The molecule has 3 heteroatoms. The first-order chi connectivity index (χ1) is 4.63. The number of nitrogens with zero attached hydrogens (tertiary/aromatic N) is 2. The molecule has 0 saturated carbocycles. The van der Waals surface area contributed by atoms with E-state index in [4.69, 9.17) is 5.26 Å². The molecule has 0 N–H and O–H groups in total. The summed E-state index contributed by atoms with van der Waals surface area (Å²) in [6, 6.07) is 1.89. The molecule has 0 aliphatic heterocycles. The van der Waals surface area contributed by atoms with E-state index in [0.717, 1.165) is 0 Å². The molecular formula is C7H12N2O. The van der Waals surface area contributed by atoms with E-state index in [-0.39, 0.29) is 5.91 Å². The van der Waals surface area contributed by atoms with Crippen LogP contribution in [0.25, 0.3) is 0 Å². The van der Waals surface area contributed by atoms with Gasteiger partial charge in [-0.15, -0.1) is 0 Å². The van der Waals surface area contributed by atoms with Gasteiger partial charge in [0.1, 0.15) is 5.92 Å². The Kier molecular flexibility index (Phi) is 3.48. The van der Waals surface area contributed by atoms with Crippen LogP contribution < -0.4 is 0 Å². The number of amides is 1. The number of carbonyl (C=O) groups excluding carboxylic acids is 1. The van der Waals surface area contributed by atoms with E-state index in [9.17, 15) is 4.79 Å². The Balaban J connectivity index is 3.98. The molecule has 1 atom stereocenters. The highest BCUT2D eigenvalue weighted by Gasteiger charge is 2.14. The summed E-state index contributed by atoms with van der Waals surface area (Å²) in [5.74, 6) is -0.616. The zero-order valence-corrected chi connectivity index (χ0v) is 6.59. The van der Waals surface area contributed by atoms with Crippen LogP contribution in [0.2, 0.25) is 0 Å². The number of rotatable bonds is 2. The van der Waals surface area contributed by atoms with Gasteiger partial charge in [0.05, 0.1) is 6.07 Å². The van der Waals surface area contributed by atoms with Gasteiger partial charge in [-0.2, -0.15) is 5.26 Å². The highest BCUT2D eigenvalue weighted by Crippen LogP contribution is 1.97. The van der Waals surface area contributed by atoms with E-state index < -0.39 is 5.92 Å². The number of hydrogen-bond donors (Lipinski definition) is 0. The van der Waals surface area contributed by atoms with Crippen LogP contribution in [0.5, 0.6) is 0 Å². The molecule has 56 valence electrons. The van der Waals surface area contributed by atoms with Crippen molar-refractivity contribution in [2.45, 2.75) is 13.8 Å². The van der Waals surface area contributed by atoms with Crippen molar-refractivity contribution < 1.29 is 4.79 Å². The molecule has 0 fully saturated rings. The maximum atomic E-state index is 11.0. The van der Waals surface area contributed by atoms with Gasteiger partial charge in [0.25, 0.3) is 0 Å². The fourth-order valence-corrected chi connectivity index (χ4v) is 0.542. The van der Waals surface area contributed by atoms with Crippen LogP contribution in [0.1, 0.15) is 13.8 Å². The van der Waals surface area contributed by atoms with Gasteiger partial charge in [-0.1, -0.05) is 0 Å². The van der Waals surface area contributed by atoms with Crippen molar-refractivity contribution in [2.75, 3.05) is 13.6 Å². The quantitative estimate of drug-likeness (QED) is 0.564. The Morgan fingerprint density at radius 3 is 2.60 bits per heavy atom. The van der Waals surface area contributed by atoms with Gasteiger partial charge in [-0.3, -0.25) is 4.79 Å². The second-order valence-corrected chi connectivity index (χ2v) is 2.20. The fraction of sp³-hybridized carbons (Fsp3) is 0.714. The second kappa shape index (κ2) is 3.89. The molecule has 1 unspecified atom stereocenters. The van der Waals surface area contributed by atoms with Crippen LogP contribution >= 0.6 is 0 Å². The molecule has 0 aromatic carbocycles. The number of nitriles is 1. The van der Waals surface area contributed by atoms with Gasteiger partial charge in [-0.25, -0.2) is 0 Å². The molecule has 0 radical (unpaired) electrons. The Labute approximate surface area is 61.2 Å². The maximum Gasteiger partial charge on any atom is 0.239 e. The first-order valence-corrected chi connectivity index (χ1v) is 3.28. The summed E-state index contributed by atoms with van der Waals surface area (Å²) in [6.07, 6.45) is 0. The molecule has 0 heterocycles. The zero-order chi connectivity index (χ0) is 8.15. The lowest BCUT2D eigenvalue weighted by atomic mass is 10.2. The van der Waals surface area contributed by atoms with Crippen LogP contribution in [0.3, 0.4) is 0 Å². The molecule has 0 aromatic rings. The standard InChI is InChI=1S/C7H12N2O/c1-4-9(3)7(10)6(2)5-8/h6H,4H2,1-3H3. The summed E-state index contributed by atoms with van der Waals surface area (Å²) in [6.45, 7) is 4.14. The predicted molar refractivity (Wildman–Crippen MR) is 38.1 cm³/mol. The maximum absolute atomic E-state index is 11.0. The number of carbonyl (C=O) groups is 1. The number of hydrogen-bond acceptors (Lipinski definition) is 2. The fourth-order valence-electron chi connectivity index (χ4n) is 0.542. The van der Waals surface area contributed by atoms with E-state index in [1.54, 1.807) is 14.0 Å². The minimum Gasteiger partial charge on any atom is -0.345 e. The molecule has 0 spiro atoms. The molecular weight excluding hydrogens is 128 g/mol. The van der Waals surface area contributed by atoms with Crippen molar-refractivity contribution in [2.24, 2.45) is 5.92 Å². The van der Waals surface area contributed by atoms with Gasteiger partial charge < -0.3 is 4.90 Å². The van der Waals surface area contributed by atoms with Crippen molar-refractivity contribution in [1.82, 2.24) is 4.90 Å². The SMILES string of the molecule is CCN(C)C(=O)C(C)C#N. The van der Waals surface area contributed by atoms with Crippen molar-refractivity contribution >= 4 is 5.91 Å². The van der Waals surface area contributed by atoms with E-state index >= 15 is 0 Å². The summed E-state index contributed by atoms with van der Waals surface area (Å²) in [5, 5.41) is 8.35. The third-order valence-electron chi connectivity index (χ3n) is 1.41. The third kappa shape index (κ3) is 2.06. The summed E-state index contributed by atoms with van der Waals surface area (Å²) in [5.41, 5.74) is 0. The molecule has 1 amide bonds. The summed E-state index contributed by atoms with van der Waals surface area (Å²) >= 11 is 0. The predicted octanol–water partition coefficient (Wildman–Crippen LogP) is 0.624. The second-order valence-electron chi connectivity index (χ2n) is 2.20. The highest BCUT2D eigenvalue weighted by molar-refractivity contribution is 5.80. The Bertz CT molecular complexity index is 159. The minimum atomic E-state index is -0.509. The van der Waals surface area contributed by atoms with Crippen LogP contribution in [0.4, 0.5) is 0 Å². The molecule has 3 nitrogen and oxygen atoms in total.